The van der Waals surface area contributed by atoms with Gasteiger partial charge in [-0.05, 0) is 104 Å². The maximum atomic E-state index is 7.69. The molecule has 2 aliphatic heterocycles. The second-order valence-electron chi connectivity index (χ2n) is 11.4. The summed E-state index contributed by atoms with van der Waals surface area (Å²) in [5, 5.41) is 11.2. The van der Waals surface area contributed by atoms with Crippen LogP contribution in [-0.2, 0) is 4.74 Å². The second kappa shape index (κ2) is 8.46. The van der Waals surface area contributed by atoms with Gasteiger partial charge in [-0.1, -0.05) is 63.1 Å². The molecule has 6 atom stereocenters. The average Bonchev–Trinajstić information content (AvgIpc) is 3.35. The van der Waals surface area contributed by atoms with Crippen LogP contribution in [0.4, 0.5) is 0 Å². The molecule has 3 heteroatoms. The van der Waals surface area contributed by atoms with Crippen LogP contribution < -0.4 is 5.32 Å². The zero-order valence-electron chi connectivity index (χ0n) is 21.0. The molecule has 34 heavy (non-hydrogen) atoms. The zero-order valence-corrected chi connectivity index (χ0v) is 21.0. The van der Waals surface area contributed by atoms with Gasteiger partial charge in [0.05, 0.1) is 11.2 Å². The maximum absolute atomic E-state index is 7.69. The number of rotatable bonds is 7. The molecule has 3 aliphatic carbocycles. The number of allylic oxidation sites excluding steroid dienone is 8. The smallest absolute Gasteiger partial charge is 0.0974 e. The number of ether oxygens (including phenoxy) is 1. The van der Waals surface area contributed by atoms with E-state index in [0.29, 0.717) is 17.9 Å². The molecule has 0 aromatic rings. The van der Waals surface area contributed by atoms with Gasteiger partial charge in [0.15, 0.2) is 0 Å². The van der Waals surface area contributed by atoms with E-state index in [-0.39, 0.29) is 16.6 Å². The van der Waals surface area contributed by atoms with Gasteiger partial charge in [-0.15, -0.1) is 0 Å². The Kier molecular flexibility index (Phi) is 5.85. The van der Waals surface area contributed by atoms with E-state index in [0.717, 1.165) is 49.7 Å². The number of nitrogens with one attached hydrogen (secondary N) is 2. The van der Waals surface area contributed by atoms with Crippen LogP contribution in [0.15, 0.2) is 84.1 Å². The summed E-state index contributed by atoms with van der Waals surface area (Å²) < 4.78 is 7.34. The monoisotopic (exact) mass is 456 g/mol. The molecule has 1 saturated heterocycles. The van der Waals surface area contributed by atoms with Crippen molar-refractivity contribution in [1.82, 2.24) is 5.32 Å². The van der Waals surface area contributed by atoms with Crippen molar-refractivity contribution in [3.63, 3.8) is 0 Å². The second-order valence-corrected chi connectivity index (χ2v) is 11.4. The summed E-state index contributed by atoms with van der Waals surface area (Å²) in [7, 11) is 2.10. The van der Waals surface area contributed by atoms with Gasteiger partial charge in [0, 0.05) is 12.3 Å². The fourth-order valence-corrected chi connectivity index (χ4v) is 7.99. The van der Waals surface area contributed by atoms with Gasteiger partial charge in [0.2, 0.25) is 0 Å². The molecule has 5 rings (SSSR count). The van der Waals surface area contributed by atoms with Crippen molar-refractivity contribution >= 4 is 6.21 Å². The Hall–Kier alpha value is -2.23. The van der Waals surface area contributed by atoms with Crippen LogP contribution in [0.2, 0.25) is 0 Å². The quantitative estimate of drug-likeness (QED) is 0.328. The van der Waals surface area contributed by atoms with Crippen LogP contribution in [-0.4, -0.2) is 30.5 Å². The Balaban J connectivity index is 1.52. The normalized spacial score (nSPS) is 40.6. The highest BCUT2D eigenvalue weighted by atomic mass is 16.5. The van der Waals surface area contributed by atoms with Gasteiger partial charge >= 0.3 is 0 Å². The predicted octanol–water partition coefficient (Wildman–Crippen LogP) is 6.78. The van der Waals surface area contributed by atoms with Crippen LogP contribution in [0.1, 0.15) is 58.3 Å². The molecular formula is C31H40N2O. The van der Waals surface area contributed by atoms with Gasteiger partial charge < -0.3 is 15.5 Å². The highest BCUT2D eigenvalue weighted by Crippen LogP contribution is 2.68. The minimum atomic E-state index is -0.140. The number of hydrogen-bond acceptors (Lipinski definition) is 3. The van der Waals surface area contributed by atoms with Crippen LogP contribution in [0.5, 0.6) is 0 Å². The maximum Gasteiger partial charge on any atom is 0.0974 e. The zero-order chi connectivity index (χ0) is 24.1. The number of hydrogen-bond donors (Lipinski definition) is 2. The Morgan fingerprint density at radius 1 is 1.18 bits per heavy atom. The molecule has 2 bridgehead atoms. The van der Waals surface area contributed by atoms with Gasteiger partial charge in [-0.2, -0.15) is 0 Å². The molecule has 0 aromatic carbocycles. The van der Waals surface area contributed by atoms with E-state index in [1.165, 1.54) is 30.2 Å². The molecule has 2 saturated carbocycles. The van der Waals surface area contributed by atoms with Crippen molar-refractivity contribution in [1.29, 1.82) is 5.41 Å². The summed E-state index contributed by atoms with van der Waals surface area (Å²) in [6.07, 6.45) is 23.7. The Morgan fingerprint density at radius 2 is 2.00 bits per heavy atom. The van der Waals surface area contributed by atoms with E-state index in [9.17, 15) is 0 Å². The number of fused-ring (bicyclic) bond motifs is 1. The summed E-state index contributed by atoms with van der Waals surface area (Å²) in [5.74, 6) is 0.905. The molecule has 5 aliphatic rings. The molecule has 3 nitrogen and oxygen atoms in total. The third kappa shape index (κ3) is 3.43. The van der Waals surface area contributed by atoms with Crippen molar-refractivity contribution in [3.8, 4) is 0 Å². The summed E-state index contributed by atoms with van der Waals surface area (Å²) in [4.78, 5) is 0. The molecule has 2 N–H and O–H groups in total. The highest BCUT2D eigenvalue weighted by Gasteiger charge is 2.66. The van der Waals surface area contributed by atoms with E-state index in [1.807, 2.05) is 6.08 Å². The fraction of sp³-hybridized carbons (Fsp3) is 0.516. The van der Waals surface area contributed by atoms with Crippen molar-refractivity contribution in [2.75, 3.05) is 7.05 Å². The van der Waals surface area contributed by atoms with Crippen molar-refractivity contribution in [3.05, 3.63) is 84.1 Å². The first kappa shape index (κ1) is 23.5. The lowest BCUT2D eigenvalue weighted by Gasteiger charge is -2.54. The largest absolute Gasteiger partial charge is 0.359 e. The van der Waals surface area contributed by atoms with Gasteiger partial charge in [-0.25, -0.2) is 0 Å². The lowest BCUT2D eigenvalue weighted by molar-refractivity contribution is -0.137. The van der Waals surface area contributed by atoms with Gasteiger partial charge in [0.1, 0.15) is 0 Å². The van der Waals surface area contributed by atoms with Gasteiger partial charge in [0.25, 0.3) is 0 Å². The lowest BCUT2D eigenvalue weighted by atomic mass is 9.57. The first-order chi connectivity index (χ1) is 16.3. The van der Waals surface area contributed by atoms with E-state index >= 15 is 0 Å². The minimum absolute atomic E-state index is 0.0612. The Bertz CT molecular complexity index is 1060. The topological polar surface area (TPSA) is 45.1 Å². The first-order valence-electron chi connectivity index (χ1n) is 13.0. The van der Waals surface area contributed by atoms with E-state index < -0.39 is 0 Å². The molecule has 0 aromatic heterocycles. The first-order valence-corrected chi connectivity index (χ1v) is 13.0. The fourth-order valence-electron chi connectivity index (χ4n) is 7.99. The lowest BCUT2D eigenvalue weighted by Crippen LogP contribution is -2.55. The third-order valence-electron chi connectivity index (χ3n) is 9.78. The molecular weight excluding hydrogens is 416 g/mol. The van der Waals surface area contributed by atoms with E-state index in [4.69, 9.17) is 10.1 Å². The molecule has 180 valence electrons. The van der Waals surface area contributed by atoms with Crippen molar-refractivity contribution in [2.45, 2.75) is 75.5 Å². The van der Waals surface area contributed by atoms with Crippen LogP contribution >= 0.6 is 0 Å². The average molecular weight is 457 g/mol. The summed E-state index contributed by atoms with van der Waals surface area (Å²) in [6.45, 7) is 14.5. The minimum Gasteiger partial charge on any atom is -0.359 e. The predicted molar refractivity (Wildman–Crippen MR) is 142 cm³/mol. The Morgan fingerprint density at radius 3 is 2.74 bits per heavy atom. The van der Waals surface area contributed by atoms with E-state index in [2.05, 4.69) is 63.3 Å². The summed E-state index contributed by atoms with van der Waals surface area (Å²) >= 11 is 0. The molecule has 0 radical (unpaired) electrons. The van der Waals surface area contributed by atoms with E-state index in [1.54, 1.807) is 11.6 Å². The molecule has 3 fully saturated rings. The Labute approximate surface area is 205 Å². The van der Waals surface area contributed by atoms with Crippen molar-refractivity contribution in [2.24, 2.45) is 17.3 Å². The summed E-state index contributed by atoms with van der Waals surface area (Å²) in [5.41, 5.74) is 5.82. The molecule has 2 heterocycles. The van der Waals surface area contributed by atoms with Crippen LogP contribution in [0.25, 0.3) is 0 Å². The van der Waals surface area contributed by atoms with Crippen LogP contribution in [0.3, 0.4) is 0 Å². The SMILES string of the molecule is C=CC(=C)/C=C\C(=C/C(=C)C=N)[C@H]1CC[C@@H]2[C@]1(C)CC=C1C=C3CC[C@@H](NC)C[C@]34CC[C@@]12O4. The highest BCUT2D eigenvalue weighted by molar-refractivity contribution is 5.79. The van der Waals surface area contributed by atoms with Gasteiger partial charge in [-0.3, -0.25) is 0 Å². The molecule has 0 unspecified atom stereocenters. The molecule has 2 spiro atoms. The summed E-state index contributed by atoms with van der Waals surface area (Å²) in [6, 6.07) is 0.550. The standard InChI is InChI=1S/C31H40N2O/c1-6-21(2)7-8-23(17-22(3)20-32)27-11-12-28-29(27,4)14-13-25-18-24-9-10-26(33-5)19-30(24)15-16-31(25,28)34-30/h6-8,13,17-18,20,26-28,32-33H,1-3,9-12,14-16,19H2,4-5H3/b8-7-,23-17+,32-20?/t26-,27-,28-,29-,30-,31-/m1/s1. The molecule has 0 amide bonds. The van der Waals surface area contributed by atoms with Crippen molar-refractivity contribution < 1.29 is 4.74 Å². The third-order valence-corrected chi connectivity index (χ3v) is 9.78. The van der Waals surface area contributed by atoms with Crippen LogP contribution in [0, 0.1) is 22.7 Å².